The second-order valence-electron chi connectivity index (χ2n) is 8.66. The Morgan fingerprint density at radius 3 is 2.35 bits per heavy atom. The molecule has 0 spiro atoms. The van der Waals surface area contributed by atoms with Crippen LogP contribution in [-0.4, -0.2) is 48.5 Å². The average Bonchev–Trinajstić information content (AvgIpc) is 3.63. The number of carbonyl (C=O) groups is 1. The van der Waals surface area contributed by atoms with Gasteiger partial charge in [-0.1, -0.05) is 25.1 Å². The van der Waals surface area contributed by atoms with Crippen LogP contribution >= 0.6 is 0 Å². The van der Waals surface area contributed by atoms with Crippen LogP contribution in [0.1, 0.15) is 44.6 Å². The van der Waals surface area contributed by atoms with Gasteiger partial charge in [-0.25, -0.2) is 27.2 Å². The number of allylic oxidation sites excluding steroid dienone is 1. The number of ether oxygens (including phenoxy) is 1. The fraction of sp³-hybridized carbons (Fsp3) is 0.458. The smallest absolute Gasteiger partial charge is 0.257 e. The molecule has 3 atom stereocenters. The predicted octanol–water partition coefficient (Wildman–Crippen LogP) is 4.31. The summed E-state index contributed by atoms with van der Waals surface area (Å²) >= 11 is 0. The van der Waals surface area contributed by atoms with Gasteiger partial charge in [0, 0.05) is 5.57 Å². The first-order valence-corrected chi connectivity index (χ1v) is 12.9. The van der Waals surface area contributed by atoms with Crippen molar-refractivity contribution in [1.29, 1.82) is 0 Å². The number of alkyl halides is 2. The van der Waals surface area contributed by atoms with E-state index in [1.165, 1.54) is 24.5 Å². The minimum absolute atomic E-state index is 0.0185. The van der Waals surface area contributed by atoms with E-state index in [1.54, 1.807) is 18.2 Å². The van der Waals surface area contributed by atoms with Crippen LogP contribution in [0, 0.1) is 5.92 Å². The third-order valence-electron chi connectivity index (χ3n) is 5.88. The van der Waals surface area contributed by atoms with Gasteiger partial charge in [-0.3, -0.25) is 4.79 Å². The van der Waals surface area contributed by atoms with Crippen LogP contribution in [0.15, 0.2) is 47.6 Å². The Bertz CT molecular complexity index is 1140. The highest BCUT2D eigenvalue weighted by Crippen LogP contribution is 2.36. The van der Waals surface area contributed by atoms with Crippen LogP contribution in [0.3, 0.4) is 0 Å². The second kappa shape index (κ2) is 10.2. The minimum Gasteiger partial charge on any atom is -0.477 e. The molecule has 10 heteroatoms. The molecule has 2 aliphatic rings. The summed E-state index contributed by atoms with van der Waals surface area (Å²) in [6.07, 6.45) is 3.24. The topological polar surface area (TPSA) is 98.2 Å². The van der Waals surface area contributed by atoms with Gasteiger partial charge in [0.15, 0.2) is 15.7 Å². The number of sulfone groups is 1. The molecule has 2 fully saturated rings. The molecular formula is C24H27F2N3O4S. The molecule has 34 heavy (non-hydrogen) atoms. The average molecular weight is 492 g/mol. The van der Waals surface area contributed by atoms with E-state index in [1.807, 2.05) is 6.92 Å². The minimum atomic E-state index is -3.37. The van der Waals surface area contributed by atoms with Crippen LogP contribution in [-0.2, 0) is 14.6 Å². The molecule has 0 aliphatic heterocycles. The summed E-state index contributed by atoms with van der Waals surface area (Å²) in [4.78, 5) is 21.6. The fourth-order valence-corrected chi connectivity index (χ4v) is 5.54. The van der Waals surface area contributed by atoms with Crippen LogP contribution in [0.5, 0.6) is 5.88 Å². The number of benzene rings is 1. The van der Waals surface area contributed by atoms with Gasteiger partial charge in [-0.15, -0.1) is 0 Å². The summed E-state index contributed by atoms with van der Waals surface area (Å²) in [5, 5.41) is 2.30. The van der Waals surface area contributed by atoms with Crippen LogP contribution in [0.4, 0.5) is 14.6 Å². The first-order valence-electron chi connectivity index (χ1n) is 11.4. The van der Waals surface area contributed by atoms with E-state index in [9.17, 15) is 22.0 Å². The van der Waals surface area contributed by atoms with Crippen molar-refractivity contribution < 1.29 is 26.7 Å². The van der Waals surface area contributed by atoms with Gasteiger partial charge in [0.05, 0.1) is 29.1 Å². The monoisotopic (exact) mass is 491 g/mol. The van der Waals surface area contributed by atoms with Gasteiger partial charge in [-0.05, 0) is 55.7 Å². The summed E-state index contributed by atoms with van der Waals surface area (Å²) in [5.74, 6) is -0.480. The van der Waals surface area contributed by atoms with Crippen molar-refractivity contribution in [3.8, 4) is 5.88 Å². The van der Waals surface area contributed by atoms with Gasteiger partial charge in [0.1, 0.15) is 12.3 Å². The fourth-order valence-electron chi connectivity index (χ4n) is 3.89. The molecule has 0 saturated heterocycles. The second-order valence-corrected chi connectivity index (χ2v) is 10.9. The summed E-state index contributed by atoms with van der Waals surface area (Å²) in [6.45, 7) is 2.45. The maximum atomic E-state index is 13.8. The summed E-state index contributed by atoms with van der Waals surface area (Å²) in [6, 6.07) is 6.02. The number of hydrogen-bond acceptors (Lipinski definition) is 6. The maximum absolute atomic E-state index is 13.8. The standard InChI is InChI=1S/C24H27F2N3O4S/c1-2-9-33-23-14-27-22(13-28-23)29-24(30)19(10-15-11-20(25)21(26)12-15)16-3-5-17(6-4-16)34(31,32)18-7-8-18/h3-6,10,13-15,18,20-21H,2,7-9,11-12H2,1H3,(H,27,29,30)/t15?,20-,21+. The van der Waals surface area contributed by atoms with Gasteiger partial charge in [-0.2, -0.15) is 0 Å². The molecule has 0 radical (unpaired) electrons. The molecule has 182 valence electrons. The molecule has 1 amide bonds. The Morgan fingerprint density at radius 1 is 1.12 bits per heavy atom. The highest BCUT2D eigenvalue weighted by atomic mass is 32.2. The number of halogens is 2. The van der Waals surface area contributed by atoms with E-state index in [0.29, 0.717) is 30.9 Å². The third kappa shape index (κ3) is 5.60. The molecule has 2 saturated carbocycles. The van der Waals surface area contributed by atoms with E-state index >= 15 is 0 Å². The molecule has 7 nitrogen and oxygen atoms in total. The molecule has 0 bridgehead atoms. The lowest BCUT2D eigenvalue weighted by atomic mass is 9.98. The van der Waals surface area contributed by atoms with Crippen molar-refractivity contribution in [2.45, 2.75) is 61.5 Å². The summed E-state index contributed by atoms with van der Waals surface area (Å²) < 4.78 is 57.9. The first-order chi connectivity index (χ1) is 16.3. The Hall–Kier alpha value is -2.88. The lowest BCUT2D eigenvalue weighted by Gasteiger charge is -2.13. The predicted molar refractivity (Wildman–Crippen MR) is 124 cm³/mol. The number of carbonyl (C=O) groups excluding carboxylic acids is 1. The van der Waals surface area contributed by atoms with Crippen LogP contribution in [0.2, 0.25) is 0 Å². The lowest BCUT2D eigenvalue weighted by Crippen LogP contribution is -2.16. The zero-order chi connectivity index (χ0) is 24.3. The van der Waals surface area contributed by atoms with E-state index in [0.717, 1.165) is 6.42 Å². The highest BCUT2D eigenvalue weighted by Gasteiger charge is 2.37. The molecule has 1 aromatic heterocycles. The van der Waals surface area contributed by atoms with E-state index in [-0.39, 0.29) is 34.4 Å². The van der Waals surface area contributed by atoms with Crippen LogP contribution in [0.25, 0.3) is 5.57 Å². The zero-order valence-electron chi connectivity index (χ0n) is 18.8. The van der Waals surface area contributed by atoms with Crippen molar-refractivity contribution in [2.75, 3.05) is 11.9 Å². The Kier molecular flexibility index (Phi) is 7.25. The Balaban J connectivity index is 1.57. The molecule has 1 heterocycles. The maximum Gasteiger partial charge on any atom is 0.257 e. The normalized spacial score (nSPS) is 23.0. The van der Waals surface area contributed by atoms with Crippen LogP contribution < -0.4 is 10.1 Å². The molecular weight excluding hydrogens is 464 g/mol. The Morgan fingerprint density at radius 2 is 1.79 bits per heavy atom. The van der Waals surface area contributed by atoms with Crippen molar-refractivity contribution >= 4 is 27.1 Å². The number of rotatable bonds is 9. The number of nitrogens with zero attached hydrogens (tertiary/aromatic N) is 2. The quantitative estimate of drug-likeness (QED) is 0.525. The van der Waals surface area contributed by atoms with Crippen molar-refractivity contribution in [3.05, 3.63) is 48.3 Å². The molecule has 4 rings (SSSR count). The number of aromatic nitrogens is 2. The first kappa shape index (κ1) is 24.3. The van der Waals surface area contributed by atoms with Gasteiger partial charge in [0.2, 0.25) is 5.88 Å². The van der Waals surface area contributed by atoms with Crippen molar-refractivity contribution in [2.24, 2.45) is 5.92 Å². The van der Waals surface area contributed by atoms with Gasteiger partial charge in [0.25, 0.3) is 5.91 Å². The van der Waals surface area contributed by atoms with Crippen molar-refractivity contribution in [3.63, 3.8) is 0 Å². The van der Waals surface area contributed by atoms with Gasteiger partial charge < -0.3 is 10.1 Å². The molecule has 1 aromatic carbocycles. The number of hydrogen-bond donors (Lipinski definition) is 1. The molecule has 1 N–H and O–H groups in total. The van der Waals surface area contributed by atoms with Gasteiger partial charge >= 0.3 is 0 Å². The number of amides is 1. The Labute approximate surface area is 197 Å². The SMILES string of the molecule is CCCOc1cnc(NC(=O)C(=CC2C[C@@H](F)[C@@H](F)C2)c2ccc(S(=O)(=O)C3CC3)cc2)cn1. The largest absolute Gasteiger partial charge is 0.477 e. The zero-order valence-corrected chi connectivity index (χ0v) is 19.6. The lowest BCUT2D eigenvalue weighted by molar-refractivity contribution is -0.111. The van der Waals surface area contributed by atoms with E-state index < -0.39 is 34.0 Å². The summed E-state index contributed by atoms with van der Waals surface area (Å²) in [7, 11) is -3.37. The highest BCUT2D eigenvalue weighted by molar-refractivity contribution is 7.92. The molecule has 2 aromatic rings. The summed E-state index contributed by atoms with van der Waals surface area (Å²) in [5.41, 5.74) is 0.635. The third-order valence-corrected chi connectivity index (χ3v) is 8.15. The number of nitrogens with one attached hydrogen (secondary N) is 1. The number of anilines is 1. The molecule has 2 aliphatic carbocycles. The van der Waals surface area contributed by atoms with E-state index in [2.05, 4.69) is 15.3 Å². The molecule has 1 unspecified atom stereocenters. The van der Waals surface area contributed by atoms with Crippen molar-refractivity contribution in [1.82, 2.24) is 9.97 Å². The van der Waals surface area contributed by atoms with E-state index in [4.69, 9.17) is 4.74 Å².